The van der Waals surface area contributed by atoms with Crippen LogP contribution in [-0.4, -0.2) is 51.2 Å². The molecule has 0 saturated carbocycles. The number of hydrogen-bond donors (Lipinski definition) is 0. The largest absolute Gasteiger partial charge is 0.496 e. The van der Waals surface area contributed by atoms with E-state index in [1.165, 1.54) is 12.4 Å². The second-order valence-electron chi connectivity index (χ2n) is 7.12. The van der Waals surface area contributed by atoms with Crippen LogP contribution in [0.4, 0.5) is 8.78 Å². The van der Waals surface area contributed by atoms with Crippen molar-refractivity contribution in [1.82, 2.24) is 24.5 Å². The first-order valence-corrected chi connectivity index (χ1v) is 9.66. The van der Waals surface area contributed by atoms with Gasteiger partial charge in [-0.05, 0) is 31.5 Å². The van der Waals surface area contributed by atoms with Crippen LogP contribution in [0.2, 0.25) is 0 Å². The first kappa shape index (κ1) is 19.4. The lowest BCUT2D eigenvalue weighted by atomic mass is 9.94. The van der Waals surface area contributed by atoms with E-state index in [2.05, 4.69) is 32.1 Å². The molecule has 1 fully saturated rings. The van der Waals surface area contributed by atoms with Crippen LogP contribution in [0.25, 0.3) is 11.9 Å². The summed E-state index contributed by atoms with van der Waals surface area (Å²) in [4.78, 5) is 10.8. The van der Waals surface area contributed by atoms with Crippen LogP contribution in [0.1, 0.15) is 42.1 Å². The van der Waals surface area contributed by atoms with Crippen molar-refractivity contribution in [3.63, 3.8) is 0 Å². The molecule has 4 rings (SSSR count). The van der Waals surface area contributed by atoms with Crippen molar-refractivity contribution in [2.45, 2.75) is 25.2 Å². The topological polar surface area (TPSA) is 55.6 Å². The third-order valence-electron chi connectivity index (χ3n) is 5.25. The Morgan fingerprint density at radius 3 is 3.00 bits per heavy atom. The smallest absolute Gasteiger partial charge is 0.280 e. The molecule has 3 aromatic rings. The Bertz CT molecular complexity index is 1000. The molecule has 1 saturated heterocycles. The minimum atomic E-state index is -2.62. The van der Waals surface area contributed by atoms with E-state index in [0.717, 1.165) is 48.3 Å². The van der Waals surface area contributed by atoms with E-state index >= 15 is 0 Å². The summed E-state index contributed by atoms with van der Waals surface area (Å²) >= 11 is 0. The van der Waals surface area contributed by atoms with Crippen LogP contribution in [0.3, 0.4) is 0 Å². The molecule has 1 aromatic carbocycles. The Labute approximate surface area is 167 Å². The normalized spacial score (nSPS) is 18.1. The first-order valence-electron chi connectivity index (χ1n) is 9.66. The summed E-state index contributed by atoms with van der Waals surface area (Å²) in [5.41, 5.74) is 1.54. The van der Waals surface area contributed by atoms with Crippen molar-refractivity contribution in [3.8, 4) is 5.75 Å². The van der Waals surface area contributed by atoms with Gasteiger partial charge in [-0.15, -0.1) is 0 Å². The number of methoxy groups -OCH3 is 1. The maximum atomic E-state index is 13.4. The van der Waals surface area contributed by atoms with E-state index in [0.29, 0.717) is 5.69 Å². The minimum absolute atomic E-state index is 0.0996. The molecule has 2 aromatic heterocycles. The Morgan fingerprint density at radius 2 is 2.17 bits per heavy atom. The number of nitrogens with zero attached hydrogens (tertiary/aromatic N) is 5. The number of piperidine rings is 1. The summed E-state index contributed by atoms with van der Waals surface area (Å²) in [7, 11) is 1.66. The summed E-state index contributed by atoms with van der Waals surface area (Å²) in [6.07, 6.45) is 4.72. The van der Waals surface area contributed by atoms with Gasteiger partial charge >= 0.3 is 0 Å². The van der Waals surface area contributed by atoms with Gasteiger partial charge in [-0.3, -0.25) is 4.90 Å². The zero-order valence-electron chi connectivity index (χ0n) is 16.2. The summed E-state index contributed by atoms with van der Waals surface area (Å²) < 4.78 is 33.4. The summed E-state index contributed by atoms with van der Waals surface area (Å²) in [6, 6.07) is 9.34. The van der Waals surface area contributed by atoms with Gasteiger partial charge in [0.1, 0.15) is 17.8 Å². The molecule has 3 heterocycles. The van der Waals surface area contributed by atoms with E-state index in [1.807, 2.05) is 24.3 Å². The predicted octanol–water partition coefficient (Wildman–Crippen LogP) is 3.96. The molecular weight excluding hydrogens is 376 g/mol. The van der Waals surface area contributed by atoms with Crippen LogP contribution in [0, 0.1) is 0 Å². The van der Waals surface area contributed by atoms with Gasteiger partial charge in [-0.1, -0.05) is 30.4 Å². The molecular formula is C21H23F2N5O. The minimum Gasteiger partial charge on any atom is -0.496 e. The van der Waals surface area contributed by atoms with Crippen molar-refractivity contribution in [2.24, 2.45) is 0 Å². The van der Waals surface area contributed by atoms with Gasteiger partial charge in [0.05, 0.1) is 12.8 Å². The monoisotopic (exact) mass is 399 g/mol. The Balaban J connectivity index is 1.47. The standard InChI is InChI=1S/C21H23F2N5O/c1-29-19-9-3-2-6-15(19)7-4-10-27-11-5-8-16(13-27)17-12-18(20(22)23)28-21(26-17)24-14-25-28/h2-4,6-7,9,12,14,16,20H,5,8,10-11,13H2,1H3/b7-4+/t16-/m1/s1. The lowest BCUT2D eigenvalue weighted by molar-refractivity contribution is 0.142. The molecule has 29 heavy (non-hydrogen) atoms. The number of alkyl halides is 2. The van der Waals surface area contributed by atoms with Gasteiger partial charge in [-0.2, -0.15) is 14.6 Å². The fourth-order valence-corrected chi connectivity index (χ4v) is 3.81. The molecule has 0 N–H and O–H groups in total. The maximum Gasteiger partial charge on any atom is 0.280 e. The number of halogens is 2. The number of para-hydroxylation sites is 1. The number of fused-ring (bicyclic) bond motifs is 1. The van der Waals surface area contributed by atoms with Crippen molar-refractivity contribution < 1.29 is 13.5 Å². The fraction of sp³-hybridized carbons (Fsp3) is 0.381. The Kier molecular flexibility index (Phi) is 5.80. The average molecular weight is 399 g/mol. The quantitative estimate of drug-likeness (QED) is 0.628. The van der Waals surface area contributed by atoms with Crippen molar-refractivity contribution in [3.05, 3.63) is 59.7 Å². The molecule has 1 aliphatic heterocycles. The molecule has 0 unspecified atom stereocenters. The van der Waals surface area contributed by atoms with E-state index < -0.39 is 6.43 Å². The SMILES string of the molecule is COc1ccccc1/C=C/CN1CCC[C@@H](c2cc(C(F)F)n3ncnc3n2)C1. The van der Waals surface area contributed by atoms with Crippen LogP contribution >= 0.6 is 0 Å². The molecule has 8 heteroatoms. The van der Waals surface area contributed by atoms with Gasteiger partial charge in [-0.25, -0.2) is 13.8 Å². The molecule has 0 amide bonds. The van der Waals surface area contributed by atoms with Crippen molar-refractivity contribution >= 4 is 11.9 Å². The molecule has 1 aliphatic rings. The van der Waals surface area contributed by atoms with Gasteiger partial charge in [0.25, 0.3) is 12.2 Å². The molecule has 1 atom stereocenters. The van der Waals surface area contributed by atoms with Crippen LogP contribution in [0.15, 0.2) is 42.7 Å². The Morgan fingerprint density at radius 1 is 1.31 bits per heavy atom. The highest BCUT2D eigenvalue weighted by molar-refractivity contribution is 5.57. The van der Waals surface area contributed by atoms with Crippen molar-refractivity contribution in [1.29, 1.82) is 0 Å². The second-order valence-corrected chi connectivity index (χ2v) is 7.12. The molecule has 0 spiro atoms. The third-order valence-corrected chi connectivity index (χ3v) is 5.25. The maximum absolute atomic E-state index is 13.4. The fourth-order valence-electron chi connectivity index (χ4n) is 3.81. The Hall–Kier alpha value is -2.87. The van der Waals surface area contributed by atoms with Gasteiger partial charge in [0.2, 0.25) is 0 Å². The van der Waals surface area contributed by atoms with E-state index in [-0.39, 0.29) is 17.4 Å². The van der Waals surface area contributed by atoms with E-state index in [1.54, 1.807) is 7.11 Å². The lowest BCUT2D eigenvalue weighted by Gasteiger charge is -2.31. The molecule has 6 nitrogen and oxygen atoms in total. The van der Waals surface area contributed by atoms with Crippen LogP contribution < -0.4 is 4.74 Å². The first-order chi connectivity index (χ1) is 14.2. The van der Waals surface area contributed by atoms with Gasteiger partial charge < -0.3 is 4.74 Å². The van der Waals surface area contributed by atoms with Crippen LogP contribution in [-0.2, 0) is 0 Å². The van der Waals surface area contributed by atoms with Gasteiger partial charge in [0, 0.05) is 24.6 Å². The van der Waals surface area contributed by atoms with E-state index in [9.17, 15) is 8.78 Å². The highest BCUT2D eigenvalue weighted by atomic mass is 19.3. The highest BCUT2D eigenvalue weighted by Gasteiger charge is 2.25. The van der Waals surface area contributed by atoms with Gasteiger partial charge in [0.15, 0.2) is 0 Å². The molecule has 152 valence electrons. The number of likely N-dealkylation sites (tertiary alicyclic amines) is 1. The highest BCUT2D eigenvalue weighted by Crippen LogP contribution is 2.29. The van der Waals surface area contributed by atoms with E-state index in [4.69, 9.17) is 4.74 Å². The number of hydrogen-bond acceptors (Lipinski definition) is 5. The molecule has 0 bridgehead atoms. The number of ether oxygens (including phenoxy) is 1. The summed E-state index contributed by atoms with van der Waals surface area (Å²) in [6.45, 7) is 2.53. The zero-order chi connectivity index (χ0) is 20.2. The number of rotatable bonds is 6. The van der Waals surface area contributed by atoms with Crippen LogP contribution in [0.5, 0.6) is 5.75 Å². The predicted molar refractivity (Wildman–Crippen MR) is 106 cm³/mol. The van der Waals surface area contributed by atoms with Crippen molar-refractivity contribution in [2.75, 3.05) is 26.7 Å². The summed E-state index contributed by atoms with van der Waals surface area (Å²) in [5.74, 6) is 1.17. The lowest BCUT2D eigenvalue weighted by Crippen LogP contribution is -2.34. The number of benzene rings is 1. The summed E-state index contributed by atoms with van der Waals surface area (Å²) in [5, 5.41) is 3.86. The molecule has 0 aliphatic carbocycles. The zero-order valence-corrected chi connectivity index (χ0v) is 16.2. The average Bonchev–Trinajstić information content (AvgIpc) is 3.22. The number of aromatic nitrogens is 4. The molecule has 0 radical (unpaired) electrons. The second kappa shape index (κ2) is 8.65. The third kappa shape index (κ3) is 4.27.